The lowest BCUT2D eigenvalue weighted by Gasteiger charge is -2.25. The van der Waals surface area contributed by atoms with Crippen LogP contribution in [0.5, 0.6) is 5.75 Å². The minimum Gasteiger partial charge on any atom is -0.494 e. The van der Waals surface area contributed by atoms with Gasteiger partial charge in [-0.15, -0.1) is 0 Å². The third-order valence-electron chi connectivity index (χ3n) is 4.36. The van der Waals surface area contributed by atoms with Crippen molar-refractivity contribution in [2.45, 2.75) is 0 Å². The molecule has 1 aliphatic rings. The highest BCUT2D eigenvalue weighted by Crippen LogP contribution is 2.34. The fourth-order valence-corrected chi connectivity index (χ4v) is 3.53. The van der Waals surface area contributed by atoms with Crippen LogP contribution in [-0.4, -0.2) is 56.7 Å². The molecule has 0 spiro atoms. The van der Waals surface area contributed by atoms with E-state index in [0.717, 1.165) is 13.1 Å². The van der Waals surface area contributed by atoms with Gasteiger partial charge < -0.3 is 20.1 Å². The number of methoxy groups -OCH3 is 1. The van der Waals surface area contributed by atoms with Crippen molar-refractivity contribution in [3.8, 4) is 5.75 Å². The smallest absolute Gasteiger partial charge is 0.255 e. The Bertz CT molecular complexity index is 861. The molecule has 0 atom stereocenters. The largest absolute Gasteiger partial charge is 0.494 e. The van der Waals surface area contributed by atoms with E-state index >= 15 is 0 Å². The number of benzene rings is 2. The Morgan fingerprint density at radius 2 is 1.59 bits per heavy atom. The van der Waals surface area contributed by atoms with Crippen LogP contribution in [0.2, 0.25) is 10.0 Å². The number of hydrogen-bond donors (Lipinski definition) is 2. The number of anilines is 2. The monoisotopic (exact) mass is 437 g/mol. The third kappa shape index (κ3) is 5.83. The first kappa shape index (κ1) is 21.4. The number of ether oxygens (including phenoxy) is 2. The Kier molecular flexibility index (Phi) is 7.33. The zero-order chi connectivity index (χ0) is 20.8. The zero-order valence-electron chi connectivity index (χ0n) is 15.8. The van der Waals surface area contributed by atoms with Gasteiger partial charge in [-0.3, -0.25) is 14.5 Å². The van der Waals surface area contributed by atoms with Gasteiger partial charge in [0.2, 0.25) is 5.91 Å². The first-order valence-corrected chi connectivity index (χ1v) is 9.76. The number of halogens is 2. The molecule has 1 fully saturated rings. The minimum absolute atomic E-state index is 0.0915. The molecule has 7 nitrogen and oxygen atoms in total. The average molecular weight is 438 g/mol. The highest BCUT2D eigenvalue weighted by Gasteiger charge is 2.15. The second-order valence-corrected chi connectivity index (χ2v) is 7.26. The summed E-state index contributed by atoms with van der Waals surface area (Å²) >= 11 is 12.2. The van der Waals surface area contributed by atoms with Gasteiger partial charge in [0.15, 0.2) is 5.75 Å². The van der Waals surface area contributed by atoms with Crippen molar-refractivity contribution in [2.24, 2.45) is 0 Å². The number of rotatable bonds is 6. The summed E-state index contributed by atoms with van der Waals surface area (Å²) in [6.07, 6.45) is 0. The Balaban J connectivity index is 1.57. The SMILES string of the molecule is COc1c(Cl)cc(C(=O)Nc2ccc(NC(=O)CN3CCOCC3)cc2)cc1Cl. The van der Waals surface area contributed by atoms with Gasteiger partial charge in [-0.1, -0.05) is 23.2 Å². The number of nitrogens with one attached hydrogen (secondary N) is 2. The molecule has 0 bridgehead atoms. The first-order chi connectivity index (χ1) is 14.0. The van der Waals surface area contributed by atoms with Crippen LogP contribution < -0.4 is 15.4 Å². The maximum absolute atomic E-state index is 12.4. The summed E-state index contributed by atoms with van der Waals surface area (Å²) in [5.41, 5.74) is 1.53. The van der Waals surface area contributed by atoms with Gasteiger partial charge in [-0.25, -0.2) is 0 Å². The average Bonchev–Trinajstić information content (AvgIpc) is 2.70. The van der Waals surface area contributed by atoms with Gasteiger partial charge in [0, 0.05) is 30.0 Å². The molecule has 0 radical (unpaired) electrons. The normalized spacial score (nSPS) is 14.3. The lowest BCUT2D eigenvalue weighted by atomic mass is 10.2. The van der Waals surface area contributed by atoms with Gasteiger partial charge in [0.25, 0.3) is 5.91 Å². The van der Waals surface area contributed by atoms with Crippen LogP contribution in [-0.2, 0) is 9.53 Å². The quantitative estimate of drug-likeness (QED) is 0.722. The van der Waals surface area contributed by atoms with Gasteiger partial charge in [-0.2, -0.15) is 0 Å². The number of amides is 2. The predicted octanol–water partition coefficient (Wildman–Crippen LogP) is 3.53. The Hall–Kier alpha value is -2.32. The van der Waals surface area contributed by atoms with Crippen LogP contribution in [0.4, 0.5) is 11.4 Å². The van der Waals surface area contributed by atoms with E-state index in [4.69, 9.17) is 32.7 Å². The Labute approximate surface area is 178 Å². The Morgan fingerprint density at radius 1 is 1.03 bits per heavy atom. The van der Waals surface area contributed by atoms with E-state index in [1.165, 1.54) is 19.2 Å². The summed E-state index contributed by atoms with van der Waals surface area (Å²) in [7, 11) is 1.45. The van der Waals surface area contributed by atoms with E-state index in [-0.39, 0.29) is 21.9 Å². The molecule has 2 aromatic carbocycles. The van der Waals surface area contributed by atoms with E-state index < -0.39 is 0 Å². The highest BCUT2D eigenvalue weighted by atomic mass is 35.5. The number of morpholine rings is 1. The van der Waals surface area contributed by atoms with E-state index in [2.05, 4.69) is 10.6 Å². The zero-order valence-corrected chi connectivity index (χ0v) is 17.3. The van der Waals surface area contributed by atoms with Crippen molar-refractivity contribution in [1.29, 1.82) is 0 Å². The number of carbonyl (C=O) groups excluding carboxylic acids is 2. The summed E-state index contributed by atoms with van der Waals surface area (Å²) in [6, 6.07) is 9.83. The van der Waals surface area contributed by atoms with Crippen molar-refractivity contribution < 1.29 is 19.1 Å². The fraction of sp³-hybridized carbons (Fsp3) is 0.300. The van der Waals surface area contributed by atoms with Gasteiger partial charge in [0.05, 0.1) is 36.9 Å². The summed E-state index contributed by atoms with van der Waals surface area (Å²) < 4.78 is 10.4. The second-order valence-electron chi connectivity index (χ2n) is 6.44. The highest BCUT2D eigenvalue weighted by molar-refractivity contribution is 6.37. The van der Waals surface area contributed by atoms with E-state index in [1.807, 2.05) is 4.90 Å². The topological polar surface area (TPSA) is 79.9 Å². The summed E-state index contributed by atoms with van der Waals surface area (Å²) in [4.78, 5) is 26.6. The number of hydrogen-bond acceptors (Lipinski definition) is 5. The van der Waals surface area contributed by atoms with Crippen molar-refractivity contribution in [3.63, 3.8) is 0 Å². The van der Waals surface area contributed by atoms with Gasteiger partial charge in [-0.05, 0) is 36.4 Å². The van der Waals surface area contributed by atoms with E-state index in [9.17, 15) is 9.59 Å². The molecule has 154 valence electrons. The molecule has 0 aliphatic carbocycles. The molecular weight excluding hydrogens is 417 g/mol. The van der Waals surface area contributed by atoms with Crippen molar-refractivity contribution >= 4 is 46.4 Å². The third-order valence-corrected chi connectivity index (χ3v) is 4.92. The van der Waals surface area contributed by atoms with Crippen molar-refractivity contribution in [2.75, 3.05) is 50.6 Å². The predicted molar refractivity (Wildman–Crippen MR) is 113 cm³/mol. The standard InChI is InChI=1S/C20H21Cl2N3O4/c1-28-19-16(21)10-13(11-17(19)22)20(27)24-15-4-2-14(3-5-15)23-18(26)12-25-6-8-29-9-7-25/h2-5,10-11H,6-9,12H2,1H3,(H,23,26)(H,24,27). The molecule has 3 rings (SSSR count). The molecule has 29 heavy (non-hydrogen) atoms. The molecule has 2 aromatic rings. The molecule has 0 saturated carbocycles. The molecule has 2 amide bonds. The molecule has 0 unspecified atom stereocenters. The van der Waals surface area contributed by atoms with Crippen LogP contribution in [0.3, 0.4) is 0 Å². The summed E-state index contributed by atoms with van der Waals surface area (Å²) in [6.45, 7) is 3.11. The van der Waals surface area contributed by atoms with Crippen molar-refractivity contribution in [3.05, 3.63) is 52.0 Å². The maximum Gasteiger partial charge on any atom is 0.255 e. The number of nitrogens with zero attached hydrogens (tertiary/aromatic N) is 1. The van der Waals surface area contributed by atoms with Crippen LogP contribution in [0.1, 0.15) is 10.4 Å². The van der Waals surface area contributed by atoms with Crippen LogP contribution in [0, 0.1) is 0 Å². The van der Waals surface area contributed by atoms with Gasteiger partial charge in [0.1, 0.15) is 0 Å². The van der Waals surface area contributed by atoms with Crippen molar-refractivity contribution in [1.82, 2.24) is 4.90 Å². The fourth-order valence-electron chi connectivity index (χ4n) is 2.89. The maximum atomic E-state index is 12.4. The molecule has 0 aromatic heterocycles. The van der Waals surface area contributed by atoms with Crippen LogP contribution >= 0.6 is 23.2 Å². The summed E-state index contributed by atoms with van der Waals surface area (Å²) in [5.74, 6) is -0.131. The van der Waals surface area contributed by atoms with E-state index in [0.29, 0.717) is 42.4 Å². The summed E-state index contributed by atoms with van der Waals surface area (Å²) in [5, 5.41) is 6.12. The minimum atomic E-state index is -0.361. The first-order valence-electron chi connectivity index (χ1n) is 9.00. The molecule has 1 heterocycles. The number of carbonyl (C=O) groups is 2. The van der Waals surface area contributed by atoms with Crippen LogP contribution in [0.15, 0.2) is 36.4 Å². The molecule has 2 N–H and O–H groups in total. The van der Waals surface area contributed by atoms with Crippen LogP contribution in [0.25, 0.3) is 0 Å². The second kappa shape index (κ2) is 9.93. The molecular formula is C20H21Cl2N3O4. The lowest BCUT2D eigenvalue weighted by Crippen LogP contribution is -2.41. The molecule has 1 aliphatic heterocycles. The van der Waals surface area contributed by atoms with Gasteiger partial charge >= 0.3 is 0 Å². The molecule has 1 saturated heterocycles. The lowest BCUT2D eigenvalue weighted by molar-refractivity contribution is -0.118. The molecule has 9 heteroatoms. The Morgan fingerprint density at radius 3 is 2.14 bits per heavy atom. The van der Waals surface area contributed by atoms with E-state index in [1.54, 1.807) is 24.3 Å².